The van der Waals surface area contributed by atoms with Crippen LogP contribution in [0.2, 0.25) is 0 Å². The van der Waals surface area contributed by atoms with Crippen molar-refractivity contribution in [3.05, 3.63) is 12.2 Å². The smallest absolute Gasteiger partial charge is 0.132 e. The number of ether oxygens (including phenoxy) is 1. The molecule has 0 bridgehead atoms. The summed E-state index contributed by atoms with van der Waals surface area (Å²) in [7, 11) is 0. The fourth-order valence-corrected chi connectivity index (χ4v) is 1.36. The Morgan fingerprint density at radius 2 is 2.07 bits per heavy atom. The van der Waals surface area contributed by atoms with Gasteiger partial charge in [-0.1, -0.05) is 31.9 Å². The van der Waals surface area contributed by atoms with Crippen molar-refractivity contribution in [3.8, 4) is 0 Å². The van der Waals surface area contributed by atoms with Gasteiger partial charge in [-0.3, -0.25) is 0 Å². The standard InChI is InChI=1S/C13H24O2/c1-5-7-8-9-10-13(4,11-14)12(3)15-6-2/h9-12H,5-8H2,1-4H3/b10-9+/t12-,13+/m0/s1. The lowest BCUT2D eigenvalue weighted by Crippen LogP contribution is -2.32. The van der Waals surface area contributed by atoms with Crippen LogP contribution in [-0.2, 0) is 9.53 Å². The van der Waals surface area contributed by atoms with Crippen LogP contribution < -0.4 is 0 Å². The van der Waals surface area contributed by atoms with Gasteiger partial charge in [-0.05, 0) is 27.2 Å². The van der Waals surface area contributed by atoms with Crippen LogP contribution in [0, 0.1) is 5.41 Å². The molecule has 0 aromatic carbocycles. The molecular weight excluding hydrogens is 188 g/mol. The number of hydrogen-bond acceptors (Lipinski definition) is 2. The van der Waals surface area contributed by atoms with Gasteiger partial charge in [-0.15, -0.1) is 0 Å². The van der Waals surface area contributed by atoms with Crippen molar-refractivity contribution in [1.29, 1.82) is 0 Å². The molecule has 15 heavy (non-hydrogen) atoms. The Kier molecular flexibility index (Phi) is 7.31. The van der Waals surface area contributed by atoms with Crippen molar-refractivity contribution in [1.82, 2.24) is 0 Å². The minimum absolute atomic E-state index is 0.0575. The summed E-state index contributed by atoms with van der Waals surface area (Å²) >= 11 is 0. The Morgan fingerprint density at radius 1 is 1.40 bits per heavy atom. The molecule has 0 radical (unpaired) electrons. The van der Waals surface area contributed by atoms with Gasteiger partial charge in [-0.25, -0.2) is 0 Å². The molecule has 0 aromatic heterocycles. The lowest BCUT2D eigenvalue weighted by molar-refractivity contribution is -0.119. The van der Waals surface area contributed by atoms with Gasteiger partial charge in [0.25, 0.3) is 0 Å². The van der Waals surface area contributed by atoms with Crippen LogP contribution in [0.1, 0.15) is 47.0 Å². The van der Waals surface area contributed by atoms with Crippen molar-refractivity contribution < 1.29 is 9.53 Å². The highest BCUT2D eigenvalue weighted by Gasteiger charge is 2.28. The largest absolute Gasteiger partial charge is 0.377 e. The summed E-state index contributed by atoms with van der Waals surface area (Å²) in [5, 5.41) is 0. The summed E-state index contributed by atoms with van der Waals surface area (Å²) in [6.07, 6.45) is 8.40. The molecule has 0 saturated heterocycles. The van der Waals surface area contributed by atoms with Crippen LogP contribution in [0.25, 0.3) is 0 Å². The van der Waals surface area contributed by atoms with Crippen LogP contribution in [0.3, 0.4) is 0 Å². The van der Waals surface area contributed by atoms with E-state index in [1.54, 1.807) is 0 Å². The van der Waals surface area contributed by atoms with Crippen molar-refractivity contribution in [2.24, 2.45) is 5.41 Å². The first-order valence-corrected chi connectivity index (χ1v) is 5.86. The van der Waals surface area contributed by atoms with Crippen molar-refractivity contribution in [2.75, 3.05) is 6.61 Å². The van der Waals surface area contributed by atoms with Crippen molar-refractivity contribution >= 4 is 6.29 Å². The zero-order valence-electron chi connectivity index (χ0n) is 10.5. The van der Waals surface area contributed by atoms with E-state index in [4.69, 9.17) is 4.74 Å². The van der Waals surface area contributed by atoms with E-state index < -0.39 is 5.41 Å². The quantitative estimate of drug-likeness (QED) is 0.350. The van der Waals surface area contributed by atoms with E-state index in [1.165, 1.54) is 12.8 Å². The van der Waals surface area contributed by atoms with E-state index in [0.29, 0.717) is 6.61 Å². The molecule has 0 amide bonds. The van der Waals surface area contributed by atoms with E-state index >= 15 is 0 Å². The molecule has 2 atom stereocenters. The number of aldehydes is 1. The van der Waals surface area contributed by atoms with Gasteiger partial charge < -0.3 is 9.53 Å². The Hall–Kier alpha value is -0.630. The molecule has 0 aliphatic rings. The van der Waals surface area contributed by atoms with E-state index in [-0.39, 0.29) is 6.10 Å². The summed E-state index contributed by atoms with van der Waals surface area (Å²) in [4.78, 5) is 11.1. The average Bonchev–Trinajstić information content (AvgIpc) is 2.24. The Balaban J connectivity index is 4.28. The van der Waals surface area contributed by atoms with Crippen LogP contribution in [-0.4, -0.2) is 19.0 Å². The van der Waals surface area contributed by atoms with Gasteiger partial charge in [0.1, 0.15) is 6.29 Å². The van der Waals surface area contributed by atoms with E-state index in [1.807, 2.05) is 26.8 Å². The molecule has 0 unspecified atom stereocenters. The molecule has 0 rings (SSSR count). The Labute approximate surface area is 93.7 Å². The molecule has 88 valence electrons. The van der Waals surface area contributed by atoms with E-state index in [9.17, 15) is 4.79 Å². The first-order valence-electron chi connectivity index (χ1n) is 5.86. The summed E-state index contributed by atoms with van der Waals surface area (Å²) in [5.41, 5.74) is -0.482. The second-order valence-electron chi connectivity index (χ2n) is 4.13. The van der Waals surface area contributed by atoms with Crippen LogP contribution >= 0.6 is 0 Å². The summed E-state index contributed by atoms with van der Waals surface area (Å²) in [6, 6.07) is 0. The number of rotatable bonds is 8. The minimum Gasteiger partial charge on any atom is -0.377 e. The molecule has 0 spiro atoms. The highest BCUT2D eigenvalue weighted by atomic mass is 16.5. The van der Waals surface area contributed by atoms with Crippen LogP contribution in [0.4, 0.5) is 0 Å². The first kappa shape index (κ1) is 14.4. The van der Waals surface area contributed by atoms with Gasteiger partial charge in [-0.2, -0.15) is 0 Å². The number of unbranched alkanes of at least 4 members (excludes halogenated alkanes) is 2. The fourth-order valence-electron chi connectivity index (χ4n) is 1.36. The van der Waals surface area contributed by atoms with Gasteiger partial charge in [0.2, 0.25) is 0 Å². The number of allylic oxidation sites excluding steroid dienone is 1. The SMILES string of the molecule is CCCC/C=C/[C@](C)(C=O)[C@H](C)OCC. The van der Waals surface area contributed by atoms with Crippen molar-refractivity contribution in [3.63, 3.8) is 0 Å². The normalized spacial score (nSPS) is 17.6. The summed E-state index contributed by atoms with van der Waals surface area (Å²) in [5.74, 6) is 0. The molecule has 0 aliphatic heterocycles. The molecular formula is C13H24O2. The zero-order valence-corrected chi connectivity index (χ0v) is 10.5. The van der Waals surface area contributed by atoms with Gasteiger partial charge in [0, 0.05) is 6.61 Å². The Morgan fingerprint density at radius 3 is 2.53 bits per heavy atom. The monoisotopic (exact) mass is 212 g/mol. The number of hydrogen-bond donors (Lipinski definition) is 0. The summed E-state index contributed by atoms with van der Waals surface area (Å²) in [6.45, 7) is 8.62. The third-order valence-electron chi connectivity index (χ3n) is 2.75. The third-order valence-corrected chi connectivity index (χ3v) is 2.75. The Bertz CT molecular complexity index is 199. The molecule has 2 heteroatoms. The predicted octanol–water partition coefficient (Wildman–Crippen LogP) is 3.36. The maximum absolute atomic E-state index is 11.1. The molecule has 0 N–H and O–H groups in total. The number of carbonyl (C=O) groups is 1. The third kappa shape index (κ3) is 5.12. The van der Waals surface area contributed by atoms with Gasteiger partial charge >= 0.3 is 0 Å². The second-order valence-corrected chi connectivity index (χ2v) is 4.13. The van der Waals surface area contributed by atoms with E-state index in [2.05, 4.69) is 13.0 Å². The maximum Gasteiger partial charge on any atom is 0.132 e. The van der Waals surface area contributed by atoms with Crippen molar-refractivity contribution in [2.45, 2.75) is 53.1 Å². The highest BCUT2D eigenvalue weighted by Crippen LogP contribution is 2.23. The predicted molar refractivity (Wildman–Crippen MR) is 63.9 cm³/mol. The molecule has 0 fully saturated rings. The van der Waals surface area contributed by atoms with Gasteiger partial charge in [0.05, 0.1) is 11.5 Å². The average molecular weight is 212 g/mol. The molecule has 0 aliphatic carbocycles. The molecule has 0 heterocycles. The van der Waals surface area contributed by atoms with Gasteiger partial charge in [0.15, 0.2) is 0 Å². The van der Waals surface area contributed by atoms with Crippen LogP contribution in [0.5, 0.6) is 0 Å². The second kappa shape index (κ2) is 7.63. The lowest BCUT2D eigenvalue weighted by atomic mass is 9.86. The maximum atomic E-state index is 11.1. The zero-order chi connectivity index (χ0) is 11.7. The van der Waals surface area contributed by atoms with Crippen LogP contribution in [0.15, 0.2) is 12.2 Å². The molecule has 0 saturated carbocycles. The first-order chi connectivity index (χ1) is 7.10. The van der Waals surface area contributed by atoms with E-state index in [0.717, 1.165) is 12.7 Å². The highest BCUT2D eigenvalue weighted by molar-refractivity contribution is 5.63. The number of carbonyl (C=O) groups excluding carboxylic acids is 1. The molecule has 2 nitrogen and oxygen atoms in total. The lowest BCUT2D eigenvalue weighted by Gasteiger charge is -2.26. The topological polar surface area (TPSA) is 26.3 Å². The molecule has 0 aromatic rings. The summed E-state index contributed by atoms with van der Waals surface area (Å²) < 4.78 is 5.47. The minimum atomic E-state index is -0.482. The fraction of sp³-hybridized carbons (Fsp3) is 0.769.